The van der Waals surface area contributed by atoms with E-state index in [1.54, 1.807) is 6.08 Å². The molecule has 1 aliphatic heterocycles. The van der Waals surface area contributed by atoms with E-state index in [-0.39, 0.29) is 29.3 Å². The van der Waals surface area contributed by atoms with Crippen LogP contribution >= 0.6 is 0 Å². The number of likely N-dealkylation sites (tertiary alicyclic amines) is 1. The largest absolute Gasteiger partial charge is 0.494 e. The number of carbonyl (C=O) groups is 2. The Morgan fingerprint density at radius 2 is 2.10 bits per heavy atom. The first-order valence-electron chi connectivity index (χ1n) is 11.0. The maximum atomic E-state index is 13.0. The standard InChI is InChI=1S/C22H27N5O4/c1-12(2)11-26-20-14(3-6-17(28)25-8-7-13-9-16(13)25)10-23-27(20)22(31)18(21(26)30)19(29)24-15-4-5-15/h3,6,10,12-13,15-16,30H,4-5,7-9,11H2,1-2H3,(H,24,29)/b6-3+. The van der Waals surface area contributed by atoms with E-state index in [2.05, 4.69) is 10.4 Å². The molecule has 0 aromatic carbocycles. The van der Waals surface area contributed by atoms with Crippen molar-refractivity contribution in [2.24, 2.45) is 11.8 Å². The number of rotatable bonds is 6. The van der Waals surface area contributed by atoms with E-state index in [9.17, 15) is 19.5 Å². The molecule has 2 unspecified atom stereocenters. The Morgan fingerprint density at radius 1 is 1.32 bits per heavy atom. The monoisotopic (exact) mass is 425 g/mol. The Labute approximate surface area is 179 Å². The molecule has 2 aromatic rings. The number of hydrogen-bond donors (Lipinski definition) is 2. The van der Waals surface area contributed by atoms with Crippen LogP contribution in [0.4, 0.5) is 0 Å². The van der Waals surface area contributed by atoms with Gasteiger partial charge in [-0.1, -0.05) is 13.8 Å². The van der Waals surface area contributed by atoms with E-state index in [0.717, 1.165) is 36.7 Å². The first-order chi connectivity index (χ1) is 14.8. The molecule has 2 amide bonds. The van der Waals surface area contributed by atoms with Gasteiger partial charge < -0.3 is 15.3 Å². The fourth-order valence-corrected chi connectivity index (χ4v) is 4.47. The Bertz CT molecular complexity index is 1160. The Hall–Kier alpha value is -3.10. The predicted octanol–water partition coefficient (Wildman–Crippen LogP) is 1.38. The van der Waals surface area contributed by atoms with E-state index >= 15 is 0 Å². The highest BCUT2D eigenvalue weighted by Gasteiger charge is 2.48. The van der Waals surface area contributed by atoms with E-state index in [1.165, 1.54) is 16.8 Å². The van der Waals surface area contributed by atoms with Crippen molar-refractivity contribution in [3.05, 3.63) is 33.8 Å². The number of nitrogens with zero attached hydrogens (tertiary/aromatic N) is 4. The van der Waals surface area contributed by atoms with Gasteiger partial charge in [-0.15, -0.1) is 0 Å². The third-order valence-electron chi connectivity index (χ3n) is 6.31. The minimum absolute atomic E-state index is 0.0493. The number of amides is 2. The second-order valence-electron chi connectivity index (χ2n) is 9.31. The van der Waals surface area contributed by atoms with Crippen molar-refractivity contribution in [2.45, 2.75) is 58.2 Å². The lowest BCUT2D eigenvalue weighted by molar-refractivity contribution is -0.125. The fraction of sp³-hybridized carbons (Fsp3) is 0.545. The first-order valence-corrected chi connectivity index (χ1v) is 11.0. The van der Waals surface area contributed by atoms with Crippen molar-refractivity contribution in [1.29, 1.82) is 0 Å². The van der Waals surface area contributed by atoms with E-state index in [0.29, 0.717) is 29.7 Å². The van der Waals surface area contributed by atoms with Crippen LogP contribution in [0.3, 0.4) is 0 Å². The first kappa shape index (κ1) is 19.8. The molecule has 2 N–H and O–H groups in total. The number of piperidine rings is 1. The van der Waals surface area contributed by atoms with Gasteiger partial charge in [0.05, 0.1) is 6.20 Å². The molecule has 3 aliphatic rings. The molecule has 0 bridgehead atoms. The summed E-state index contributed by atoms with van der Waals surface area (Å²) in [4.78, 5) is 40.1. The zero-order chi connectivity index (χ0) is 21.9. The van der Waals surface area contributed by atoms with Crippen molar-refractivity contribution >= 4 is 23.5 Å². The molecular weight excluding hydrogens is 398 g/mol. The molecule has 0 radical (unpaired) electrons. The zero-order valence-electron chi connectivity index (χ0n) is 17.7. The van der Waals surface area contributed by atoms with Crippen LogP contribution in [0.1, 0.15) is 55.5 Å². The number of aromatic nitrogens is 3. The molecule has 164 valence electrons. The summed E-state index contributed by atoms with van der Waals surface area (Å²) in [5.41, 5.74) is -0.0559. The molecule has 3 fully saturated rings. The molecule has 2 aromatic heterocycles. The Kier molecular flexibility index (Phi) is 4.64. The van der Waals surface area contributed by atoms with Gasteiger partial charge in [0.2, 0.25) is 11.8 Å². The number of aromatic hydroxyl groups is 1. The minimum Gasteiger partial charge on any atom is -0.494 e. The van der Waals surface area contributed by atoms with Crippen LogP contribution < -0.4 is 10.9 Å². The quantitative estimate of drug-likeness (QED) is 0.680. The summed E-state index contributed by atoms with van der Waals surface area (Å²) in [5, 5.41) is 17.9. The van der Waals surface area contributed by atoms with Gasteiger partial charge in [-0.3, -0.25) is 19.0 Å². The highest BCUT2D eigenvalue weighted by molar-refractivity contribution is 5.97. The summed E-state index contributed by atoms with van der Waals surface area (Å²) < 4.78 is 2.68. The van der Waals surface area contributed by atoms with E-state index < -0.39 is 11.5 Å². The molecular formula is C22H27N5O4. The molecule has 31 heavy (non-hydrogen) atoms. The number of fused-ring (bicyclic) bond motifs is 2. The highest BCUT2D eigenvalue weighted by atomic mass is 16.3. The highest BCUT2D eigenvalue weighted by Crippen LogP contribution is 2.44. The smallest absolute Gasteiger partial charge is 0.291 e. The lowest BCUT2D eigenvalue weighted by atomic mass is 10.2. The molecule has 2 atom stereocenters. The summed E-state index contributed by atoms with van der Waals surface area (Å²) in [7, 11) is 0. The molecule has 5 rings (SSSR count). The molecule has 2 aliphatic carbocycles. The topological polar surface area (TPSA) is 109 Å². The van der Waals surface area contributed by atoms with Gasteiger partial charge in [0, 0.05) is 36.8 Å². The van der Waals surface area contributed by atoms with Gasteiger partial charge in [0.25, 0.3) is 11.5 Å². The molecule has 2 saturated carbocycles. The van der Waals surface area contributed by atoms with Gasteiger partial charge >= 0.3 is 0 Å². The summed E-state index contributed by atoms with van der Waals surface area (Å²) in [6, 6.07) is 0.427. The van der Waals surface area contributed by atoms with E-state index in [4.69, 9.17) is 0 Å². The van der Waals surface area contributed by atoms with Crippen LogP contribution in [0.5, 0.6) is 5.88 Å². The van der Waals surface area contributed by atoms with Crippen molar-refractivity contribution in [2.75, 3.05) is 6.54 Å². The van der Waals surface area contributed by atoms with Crippen molar-refractivity contribution in [3.8, 4) is 5.88 Å². The van der Waals surface area contributed by atoms with Crippen molar-refractivity contribution in [1.82, 2.24) is 24.4 Å². The minimum atomic E-state index is -0.669. The van der Waals surface area contributed by atoms with Gasteiger partial charge in [-0.25, -0.2) is 0 Å². The van der Waals surface area contributed by atoms with Crippen molar-refractivity contribution < 1.29 is 14.7 Å². The maximum absolute atomic E-state index is 13.0. The van der Waals surface area contributed by atoms with Gasteiger partial charge in [-0.05, 0) is 43.6 Å². The van der Waals surface area contributed by atoms with Crippen LogP contribution in [-0.2, 0) is 11.3 Å². The third kappa shape index (κ3) is 3.51. The molecule has 1 saturated heterocycles. The lowest BCUT2D eigenvalue weighted by Crippen LogP contribution is -2.34. The summed E-state index contributed by atoms with van der Waals surface area (Å²) in [6.07, 6.45) is 8.53. The normalized spacial score (nSPS) is 22.5. The van der Waals surface area contributed by atoms with E-state index in [1.807, 2.05) is 18.7 Å². The maximum Gasteiger partial charge on any atom is 0.291 e. The molecule has 3 heterocycles. The van der Waals surface area contributed by atoms with Crippen LogP contribution in [0.2, 0.25) is 0 Å². The van der Waals surface area contributed by atoms with Crippen LogP contribution in [0.15, 0.2) is 17.1 Å². The lowest BCUT2D eigenvalue weighted by Gasteiger charge is -2.17. The number of hydrogen-bond acceptors (Lipinski definition) is 5. The SMILES string of the molecule is CC(C)Cn1c(O)c(C(=O)NC2CC2)c(=O)n2ncc(/C=C/C(=O)N3CCC4CC43)c12. The fourth-order valence-electron chi connectivity index (χ4n) is 4.47. The molecule has 9 nitrogen and oxygen atoms in total. The predicted molar refractivity (Wildman–Crippen MR) is 114 cm³/mol. The average Bonchev–Trinajstić information content (AvgIpc) is 3.61. The summed E-state index contributed by atoms with van der Waals surface area (Å²) in [5.74, 6) is -0.206. The van der Waals surface area contributed by atoms with Gasteiger partial charge in [-0.2, -0.15) is 9.61 Å². The Morgan fingerprint density at radius 3 is 2.71 bits per heavy atom. The second-order valence-corrected chi connectivity index (χ2v) is 9.31. The number of carbonyl (C=O) groups excluding carboxylic acids is 2. The van der Waals surface area contributed by atoms with Gasteiger partial charge in [0.15, 0.2) is 5.56 Å². The summed E-state index contributed by atoms with van der Waals surface area (Å²) in [6.45, 7) is 5.13. The second kappa shape index (κ2) is 7.25. The van der Waals surface area contributed by atoms with Crippen LogP contribution in [-0.4, -0.2) is 54.6 Å². The zero-order valence-corrected chi connectivity index (χ0v) is 17.7. The molecule has 9 heteroatoms. The average molecular weight is 425 g/mol. The third-order valence-corrected chi connectivity index (χ3v) is 6.31. The molecule has 0 spiro atoms. The van der Waals surface area contributed by atoms with Crippen LogP contribution in [0.25, 0.3) is 11.7 Å². The number of nitrogens with one attached hydrogen (secondary N) is 1. The van der Waals surface area contributed by atoms with Crippen LogP contribution in [0, 0.1) is 11.8 Å². The summed E-state index contributed by atoms with van der Waals surface area (Å²) >= 11 is 0. The Balaban J connectivity index is 1.55. The van der Waals surface area contributed by atoms with Crippen molar-refractivity contribution in [3.63, 3.8) is 0 Å². The van der Waals surface area contributed by atoms with Gasteiger partial charge in [0.1, 0.15) is 5.65 Å².